The van der Waals surface area contributed by atoms with Crippen LogP contribution in [0.15, 0.2) is 64.8 Å². The summed E-state index contributed by atoms with van der Waals surface area (Å²) in [7, 11) is -4.47. The number of carbonyl (C=O) groups excluding carboxylic acids is 2. The maximum atomic E-state index is 13.5. The molecule has 250 valence electrons. The number of nitrogens with one attached hydrogen (secondary N) is 1. The molecule has 1 aromatic heterocycles. The number of rotatable bonds is 11. The zero-order valence-corrected chi connectivity index (χ0v) is 27.0. The van der Waals surface area contributed by atoms with Crippen molar-refractivity contribution in [2.45, 2.75) is 71.9 Å². The molecule has 0 saturated heterocycles. The molecule has 3 rings (SSSR count). The molecule has 0 aliphatic carbocycles. The Balaban J connectivity index is 1.76. The van der Waals surface area contributed by atoms with E-state index in [0.29, 0.717) is 5.56 Å². The van der Waals surface area contributed by atoms with E-state index in [0.717, 1.165) is 33.5 Å². The molecule has 0 aliphatic rings. The van der Waals surface area contributed by atoms with Crippen molar-refractivity contribution in [3.63, 3.8) is 0 Å². The summed E-state index contributed by atoms with van der Waals surface area (Å²) in [4.78, 5) is 29.1. The van der Waals surface area contributed by atoms with E-state index in [-0.39, 0.29) is 21.2 Å². The summed E-state index contributed by atoms with van der Waals surface area (Å²) >= 11 is 0. The van der Waals surface area contributed by atoms with E-state index in [2.05, 4.69) is 10.4 Å². The summed E-state index contributed by atoms with van der Waals surface area (Å²) in [5.74, 6) is -1.70. The minimum atomic E-state index is -4.72. The monoisotopic (exact) mass is 668 g/mol. The Kier molecular flexibility index (Phi) is 10.7. The lowest BCUT2D eigenvalue weighted by atomic mass is 9.97. The van der Waals surface area contributed by atoms with Crippen molar-refractivity contribution in [1.82, 2.24) is 19.5 Å². The second-order valence-electron chi connectivity index (χ2n) is 11.6. The van der Waals surface area contributed by atoms with Crippen LogP contribution >= 0.6 is 0 Å². The first kappa shape index (κ1) is 35.8. The summed E-state index contributed by atoms with van der Waals surface area (Å²) in [6, 6.07) is 11.7. The fraction of sp³-hybridized carbons (Fsp3) is 0.414. The Morgan fingerprint density at radius 2 is 1.65 bits per heavy atom. The minimum absolute atomic E-state index is 0.0714. The Bertz CT molecular complexity index is 1680. The topological polar surface area (TPSA) is 158 Å². The number of aryl methyl sites for hydroxylation is 1. The maximum absolute atomic E-state index is 13.5. The SMILES string of the molecule is Cc1ccc(-c2cc(C(F)(F)F)nn2-c2ccc(S(=O)(=O)NC(=O)CN(C(C)C)[N+]([O-])=NOC(C)OC(=O)C(C)(C)C)cc2)cc1. The molecule has 0 spiro atoms. The minimum Gasteiger partial charge on any atom is -0.569 e. The van der Waals surface area contributed by atoms with Crippen LogP contribution in [-0.4, -0.2) is 58.9 Å². The van der Waals surface area contributed by atoms with Gasteiger partial charge in [-0.2, -0.15) is 18.3 Å². The van der Waals surface area contributed by atoms with Crippen molar-refractivity contribution >= 4 is 21.9 Å². The van der Waals surface area contributed by atoms with Crippen molar-refractivity contribution in [2.24, 2.45) is 10.7 Å². The molecule has 46 heavy (non-hydrogen) atoms. The summed E-state index contributed by atoms with van der Waals surface area (Å²) in [6.45, 7) is 10.3. The van der Waals surface area contributed by atoms with Gasteiger partial charge in [0, 0.05) is 12.5 Å². The largest absolute Gasteiger partial charge is 0.569 e. The highest BCUT2D eigenvalue weighted by Gasteiger charge is 2.35. The molecule has 2 aromatic carbocycles. The number of amides is 1. The Morgan fingerprint density at radius 3 is 2.17 bits per heavy atom. The molecule has 0 fully saturated rings. The normalized spacial score (nSPS) is 13.3. The van der Waals surface area contributed by atoms with Gasteiger partial charge >= 0.3 is 12.1 Å². The van der Waals surface area contributed by atoms with Crippen LogP contribution in [0.4, 0.5) is 13.2 Å². The van der Waals surface area contributed by atoms with E-state index in [1.54, 1.807) is 45.0 Å². The average Bonchev–Trinajstić information content (AvgIpc) is 3.40. The van der Waals surface area contributed by atoms with Gasteiger partial charge in [0.15, 0.2) is 12.2 Å². The van der Waals surface area contributed by atoms with Gasteiger partial charge in [-0.15, -0.1) is 5.01 Å². The van der Waals surface area contributed by atoms with E-state index in [1.807, 2.05) is 11.6 Å². The predicted molar refractivity (Wildman–Crippen MR) is 158 cm³/mol. The lowest BCUT2D eigenvalue weighted by Gasteiger charge is -2.22. The molecule has 17 heteroatoms. The van der Waals surface area contributed by atoms with Crippen molar-refractivity contribution in [3.05, 3.63) is 71.1 Å². The maximum Gasteiger partial charge on any atom is 0.435 e. The summed E-state index contributed by atoms with van der Waals surface area (Å²) < 4.78 is 74.4. The quantitative estimate of drug-likeness (QED) is 0.0962. The van der Waals surface area contributed by atoms with E-state index in [9.17, 15) is 36.4 Å². The van der Waals surface area contributed by atoms with Crippen LogP contribution in [0, 0.1) is 17.5 Å². The van der Waals surface area contributed by atoms with E-state index >= 15 is 0 Å². The van der Waals surface area contributed by atoms with Gasteiger partial charge < -0.3 is 9.94 Å². The number of hydrogen-bond acceptors (Lipinski definition) is 9. The molecule has 0 saturated carbocycles. The number of hydrazine groups is 1. The third kappa shape index (κ3) is 9.18. The first-order chi connectivity index (χ1) is 21.2. The van der Waals surface area contributed by atoms with Gasteiger partial charge in [-0.05, 0) is 71.9 Å². The highest BCUT2D eigenvalue weighted by atomic mass is 32.2. The molecule has 0 bridgehead atoms. The van der Waals surface area contributed by atoms with E-state index in [1.165, 1.54) is 32.9 Å². The van der Waals surface area contributed by atoms with E-state index in [4.69, 9.17) is 9.57 Å². The van der Waals surface area contributed by atoms with Crippen LogP contribution in [0.25, 0.3) is 16.9 Å². The number of nitrogens with zero attached hydrogens (tertiary/aromatic N) is 5. The third-order valence-electron chi connectivity index (χ3n) is 6.26. The fourth-order valence-corrected chi connectivity index (χ4v) is 4.72. The first-order valence-corrected chi connectivity index (χ1v) is 15.4. The number of aromatic nitrogens is 2. The summed E-state index contributed by atoms with van der Waals surface area (Å²) in [5, 5.41) is 20.4. The molecular formula is C29H35F3N6O7S. The van der Waals surface area contributed by atoms with Crippen molar-refractivity contribution in [1.29, 1.82) is 0 Å². The molecule has 0 aliphatic heterocycles. The van der Waals surface area contributed by atoms with Gasteiger partial charge in [0.05, 0.1) is 32.7 Å². The second kappa shape index (κ2) is 13.8. The van der Waals surface area contributed by atoms with Crippen LogP contribution in [0.3, 0.4) is 0 Å². The number of halogens is 3. The average molecular weight is 669 g/mol. The Hall–Kier alpha value is -4.67. The number of sulfonamides is 1. The standard InChI is InChI=1S/C29H35F3N6O7S/c1-18(2)36(38(41)35-45-20(4)44-27(40)28(5,6)7)17-26(39)34-46(42,43)23-14-12-22(13-15-23)37-24(16-25(33-37)29(30,31)32)21-10-8-19(3)9-11-21/h8-16,18,20H,17H2,1-7H3,(H,34,39). The predicted octanol–water partition coefficient (Wildman–Crippen LogP) is 5.13. The number of ether oxygens (including phenoxy) is 1. The van der Waals surface area contributed by atoms with Gasteiger partial charge in [0.1, 0.15) is 0 Å². The van der Waals surface area contributed by atoms with E-state index < -0.39 is 58.1 Å². The number of carbonyl (C=O) groups is 2. The summed E-state index contributed by atoms with van der Waals surface area (Å²) in [6.07, 6.45) is -5.96. The van der Waals surface area contributed by atoms with Gasteiger partial charge in [0.25, 0.3) is 22.2 Å². The molecule has 1 heterocycles. The zero-order valence-electron chi connectivity index (χ0n) is 26.2. The fourth-order valence-electron chi connectivity index (χ4n) is 3.74. The summed E-state index contributed by atoms with van der Waals surface area (Å²) in [5.41, 5.74) is -0.346. The Morgan fingerprint density at radius 1 is 1.07 bits per heavy atom. The molecule has 1 N–H and O–H groups in total. The molecule has 0 radical (unpaired) electrons. The van der Waals surface area contributed by atoms with Gasteiger partial charge in [-0.25, -0.2) is 17.8 Å². The lowest BCUT2D eigenvalue weighted by Crippen LogP contribution is -2.45. The van der Waals surface area contributed by atoms with Crippen LogP contribution in [0.5, 0.6) is 0 Å². The van der Waals surface area contributed by atoms with Crippen LogP contribution < -0.4 is 4.72 Å². The van der Waals surface area contributed by atoms with Crippen molar-refractivity contribution < 1.29 is 45.7 Å². The number of alkyl halides is 3. The first-order valence-electron chi connectivity index (χ1n) is 13.9. The number of esters is 1. The highest BCUT2D eigenvalue weighted by molar-refractivity contribution is 7.90. The number of hydrogen-bond donors (Lipinski definition) is 1. The Labute approximate surface area is 264 Å². The highest BCUT2D eigenvalue weighted by Crippen LogP contribution is 2.33. The molecule has 1 atom stereocenters. The van der Waals surface area contributed by atoms with Gasteiger partial charge in [-0.3, -0.25) is 14.4 Å². The molecule has 1 unspecified atom stereocenters. The van der Waals surface area contributed by atoms with Crippen molar-refractivity contribution in [3.8, 4) is 16.9 Å². The number of benzene rings is 2. The third-order valence-corrected chi connectivity index (χ3v) is 7.65. The lowest BCUT2D eigenvalue weighted by molar-refractivity contribution is -0.717. The molecule has 1 amide bonds. The molecule has 13 nitrogen and oxygen atoms in total. The van der Waals surface area contributed by atoms with Crippen molar-refractivity contribution in [2.75, 3.05) is 6.54 Å². The van der Waals surface area contributed by atoms with Crippen LogP contribution in [0.2, 0.25) is 0 Å². The van der Waals surface area contributed by atoms with Crippen LogP contribution in [0.1, 0.15) is 52.8 Å². The zero-order chi connectivity index (χ0) is 34.6. The van der Waals surface area contributed by atoms with Gasteiger partial charge in [0.2, 0.25) is 5.28 Å². The molecular weight excluding hydrogens is 633 g/mol. The molecule has 3 aromatic rings. The smallest absolute Gasteiger partial charge is 0.435 e. The second-order valence-corrected chi connectivity index (χ2v) is 13.2. The van der Waals surface area contributed by atoms with Gasteiger partial charge in [-0.1, -0.05) is 29.8 Å². The van der Waals surface area contributed by atoms with Crippen LogP contribution in [-0.2, 0) is 35.4 Å².